The number of hydrogen-bond donors (Lipinski definition) is 1. The zero-order valence-corrected chi connectivity index (χ0v) is 16.9. The fraction of sp³-hybridized carbons (Fsp3) is 0. The van der Waals surface area contributed by atoms with Gasteiger partial charge in [-0.3, -0.25) is 14.8 Å². The van der Waals surface area contributed by atoms with Crippen molar-refractivity contribution in [2.24, 2.45) is 0 Å². The van der Waals surface area contributed by atoms with Crippen LogP contribution < -0.4 is 5.32 Å². The minimum Gasteiger partial charge on any atom is -0.322 e. The Labute approximate surface area is 184 Å². The summed E-state index contributed by atoms with van der Waals surface area (Å²) in [6.45, 7) is 0. The lowest BCUT2D eigenvalue weighted by atomic mass is 10.0. The Bertz CT molecular complexity index is 1450. The van der Waals surface area contributed by atoms with E-state index in [9.17, 15) is 10.1 Å². The van der Waals surface area contributed by atoms with E-state index in [-0.39, 0.29) is 5.91 Å². The summed E-state index contributed by atoms with van der Waals surface area (Å²) in [7, 11) is 0. The van der Waals surface area contributed by atoms with Crippen LogP contribution in [0.3, 0.4) is 0 Å². The maximum atomic E-state index is 12.4. The Balaban J connectivity index is 1.52. The van der Waals surface area contributed by atoms with Crippen molar-refractivity contribution < 1.29 is 4.79 Å². The summed E-state index contributed by atoms with van der Waals surface area (Å²) in [5, 5.41) is 13.7. The molecule has 5 aromatic rings. The summed E-state index contributed by atoms with van der Waals surface area (Å²) in [5.74, 6) is -0.225. The van der Waals surface area contributed by atoms with Gasteiger partial charge < -0.3 is 9.88 Å². The molecule has 6 heteroatoms. The molecule has 2 aromatic carbocycles. The largest absolute Gasteiger partial charge is 0.322 e. The first-order valence-corrected chi connectivity index (χ1v) is 10.0. The van der Waals surface area contributed by atoms with Crippen LogP contribution >= 0.6 is 0 Å². The second kappa shape index (κ2) is 8.17. The number of rotatable bonds is 4. The third-order valence-electron chi connectivity index (χ3n) is 5.26. The van der Waals surface area contributed by atoms with E-state index in [0.29, 0.717) is 16.9 Å². The van der Waals surface area contributed by atoms with Gasteiger partial charge in [0.05, 0.1) is 11.1 Å². The number of amides is 1. The highest BCUT2D eigenvalue weighted by Gasteiger charge is 2.14. The maximum absolute atomic E-state index is 12.4. The molecule has 0 saturated heterocycles. The molecule has 3 heterocycles. The van der Waals surface area contributed by atoms with E-state index >= 15 is 0 Å². The van der Waals surface area contributed by atoms with Gasteiger partial charge in [-0.25, -0.2) is 0 Å². The molecule has 0 spiro atoms. The van der Waals surface area contributed by atoms with Gasteiger partial charge in [-0.15, -0.1) is 0 Å². The number of hydrogen-bond acceptors (Lipinski definition) is 4. The average Bonchev–Trinajstić information content (AvgIpc) is 3.24. The normalized spacial score (nSPS) is 10.6. The fourth-order valence-electron chi connectivity index (χ4n) is 3.77. The van der Waals surface area contributed by atoms with E-state index in [0.717, 1.165) is 27.7 Å². The fourth-order valence-corrected chi connectivity index (χ4v) is 3.77. The van der Waals surface area contributed by atoms with Crippen molar-refractivity contribution in [3.05, 3.63) is 109 Å². The minimum atomic E-state index is -0.225. The maximum Gasteiger partial charge on any atom is 0.257 e. The van der Waals surface area contributed by atoms with Crippen LogP contribution in [0.2, 0.25) is 0 Å². The molecule has 0 radical (unpaired) electrons. The molecule has 0 fully saturated rings. The van der Waals surface area contributed by atoms with Crippen LogP contribution in [0, 0.1) is 11.3 Å². The lowest BCUT2D eigenvalue weighted by molar-refractivity contribution is 0.102. The standard InChI is InChI=1S/C26H17N5O/c27-16-22-15-24-23(18-10-13-28-14-11-18)4-1-5-25(24)31(22)21-8-6-20(7-9-21)30-26(32)19-3-2-12-29-17-19/h1-15,17H,(H,30,32). The average molecular weight is 415 g/mol. The quantitative estimate of drug-likeness (QED) is 0.437. The van der Waals surface area contributed by atoms with Gasteiger partial charge in [0, 0.05) is 41.5 Å². The summed E-state index contributed by atoms with van der Waals surface area (Å²) in [6.07, 6.45) is 6.67. The molecule has 0 aliphatic carbocycles. The highest BCUT2D eigenvalue weighted by molar-refractivity contribution is 6.04. The lowest BCUT2D eigenvalue weighted by Crippen LogP contribution is -2.12. The van der Waals surface area contributed by atoms with Gasteiger partial charge in [-0.2, -0.15) is 5.26 Å². The number of fused-ring (bicyclic) bond motifs is 1. The summed E-state index contributed by atoms with van der Waals surface area (Å²) in [6, 6.07) is 25.0. The Morgan fingerprint density at radius 3 is 2.44 bits per heavy atom. The predicted molar refractivity (Wildman–Crippen MR) is 123 cm³/mol. The first-order valence-electron chi connectivity index (χ1n) is 10.0. The van der Waals surface area contributed by atoms with Crippen molar-refractivity contribution in [1.82, 2.24) is 14.5 Å². The van der Waals surface area contributed by atoms with Crippen molar-refractivity contribution in [3.8, 4) is 22.9 Å². The number of pyridine rings is 2. The SMILES string of the molecule is N#Cc1cc2c(-c3ccncc3)cccc2n1-c1ccc(NC(=O)c2cccnc2)cc1. The summed E-state index contributed by atoms with van der Waals surface area (Å²) in [4.78, 5) is 20.4. The first kappa shape index (κ1) is 19.2. The number of anilines is 1. The molecule has 0 aliphatic heterocycles. The molecule has 0 bridgehead atoms. The monoisotopic (exact) mass is 415 g/mol. The molecular formula is C26H17N5O. The molecule has 3 aromatic heterocycles. The lowest BCUT2D eigenvalue weighted by Gasteiger charge is -2.10. The minimum absolute atomic E-state index is 0.225. The highest BCUT2D eigenvalue weighted by Crippen LogP contribution is 2.32. The van der Waals surface area contributed by atoms with E-state index in [1.807, 2.05) is 65.2 Å². The molecule has 1 N–H and O–H groups in total. The summed E-state index contributed by atoms with van der Waals surface area (Å²) in [5.41, 5.74) is 5.54. The van der Waals surface area contributed by atoms with Crippen molar-refractivity contribution in [1.29, 1.82) is 5.26 Å². The van der Waals surface area contributed by atoms with Crippen LogP contribution in [0.5, 0.6) is 0 Å². The molecule has 32 heavy (non-hydrogen) atoms. The van der Waals surface area contributed by atoms with E-state index in [1.165, 1.54) is 6.20 Å². The Morgan fingerprint density at radius 2 is 1.72 bits per heavy atom. The van der Waals surface area contributed by atoms with Crippen molar-refractivity contribution in [2.75, 3.05) is 5.32 Å². The van der Waals surface area contributed by atoms with Gasteiger partial charge in [-0.1, -0.05) is 12.1 Å². The molecule has 152 valence electrons. The highest BCUT2D eigenvalue weighted by atomic mass is 16.1. The van der Waals surface area contributed by atoms with E-state index in [2.05, 4.69) is 21.4 Å². The van der Waals surface area contributed by atoms with Crippen molar-refractivity contribution in [3.63, 3.8) is 0 Å². The summed E-state index contributed by atoms with van der Waals surface area (Å²) < 4.78 is 1.92. The van der Waals surface area contributed by atoms with E-state index in [4.69, 9.17) is 0 Å². The topological polar surface area (TPSA) is 83.6 Å². The number of aromatic nitrogens is 3. The molecule has 0 atom stereocenters. The van der Waals surface area contributed by atoms with Gasteiger partial charge in [0.15, 0.2) is 0 Å². The first-order chi connectivity index (χ1) is 15.7. The third-order valence-corrected chi connectivity index (χ3v) is 5.26. The Hall–Kier alpha value is -4.76. The smallest absolute Gasteiger partial charge is 0.257 e. The molecule has 0 saturated carbocycles. The van der Waals surface area contributed by atoms with Gasteiger partial charge in [0.25, 0.3) is 5.91 Å². The van der Waals surface area contributed by atoms with Crippen LogP contribution in [0.4, 0.5) is 5.69 Å². The van der Waals surface area contributed by atoms with Crippen LogP contribution in [-0.2, 0) is 0 Å². The zero-order valence-electron chi connectivity index (χ0n) is 16.9. The number of carbonyl (C=O) groups is 1. The molecule has 1 amide bonds. The summed E-state index contributed by atoms with van der Waals surface area (Å²) >= 11 is 0. The van der Waals surface area contributed by atoms with Crippen LogP contribution in [0.15, 0.2) is 97.6 Å². The number of carbonyl (C=O) groups excluding carboxylic acids is 1. The Morgan fingerprint density at radius 1 is 0.906 bits per heavy atom. The molecule has 6 nitrogen and oxygen atoms in total. The second-order valence-electron chi connectivity index (χ2n) is 7.19. The van der Waals surface area contributed by atoms with Gasteiger partial charge in [0.2, 0.25) is 0 Å². The van der Waals surface area contributed by atoms with Gasteiger partial charge in [0.1, 0.15) is 11.8 Å². The third kappa shape index (κ3) is 3.48. The van der Waals surface area contributed by atoms with Crippen LogP contribution in [-0.4, -0.2) is 20.4 Å². The van der Waals surface area contributed by atoms with E-state index < -0.39 is 0 Å². The van der Waals surface area contributed by atoms with Gasteiger partial charge >= 0.3 is 0 Å². The Kier molecular flexibility index (Phi) is 4.91. The van der Waals surface area contributed by atoms with Crippen molar-refractivity contribution >= 4 is 22.5 Å². The number of nitrogens with zero attached hydrogens (tertiary/aromatic N) is 4. The van der Waals surface area contributed by atoms with Crippen molar-refractivity contribution in [2.45, 2.75) is 0 Å². The molecule has 0 aliphatic rings. The number of nitriles is 1. The van der Waals surface area contributed by atoms with Gasteiger partial charge in [-0.05, 0) is 71.8 Å². The van der Waals surface area contributed by atoms with E-state index in [1.54, 1.807) is 30.7 Å². The molecule has 0 unspecified atom stereocenters. The molecular weight excluding hydrogens is 398 g/mol. The molecule has 5 rings (SSSR count). The zero-order chi connectivity index (χ0) is 21.9. The van der Waals surface area contributed by atoms with Crippen LogP contribution in [0.1, 0.15) is 16.1 Å². The second-order valence-corrected chi connectivity index (χ2v) is 7.19. The number of benzene rings is 2. The number of nitrogens with one attached hydrogen (secondary N) is 1. The predicted octanol–water partition coefficient (Wildman–Crippen LogP) is 5.21. The van der Waals surface area contributed by atoms with Crippen LogP contribution in [0.25, 0.3) is 27.7 Å².